The molecule has 144 valence electrons. The summed E-state index contributed by atoms with van der Waals surface area (Å²) in [5.74, 6) is -0.908. The minimum Gasteiger partial charge on any atom is -0.467 e. The van der Waals surface area contributed by atoms with Gasteiger partial charge >= 0.3 is 12.0 Å². The van der Waals surface area contributed by atoms with Crippen LogP contribution in [0.1, 0.15) is 30.4 Å². The van der Waals surface area contributed by atoms with Gasteiger partial charge in [-0.2, -0.15) is 0 Å². The molecule has 0 saturated carbocycles. The van der Waals surface area contributed by atoms with Crippen molar-refractivity contribution < 1.29 is 19.1 Å². The Kier molecular flexibility index (Phi) is 6.57. The number of nitrogens with one attached hydrogen (secondary N) is 3. The van der Waals surface area contributed by atoms with E-state index in [1.165, 1.54) is 7.11 Å². The molecule has 0 spiro atoms. The number of benzene rings is 1. The maximum absolute atomic E-state index is 12.5. The summed E-state index contributed by atoms with van der Waals surface area (Å²) >= 11 is 1.12. The smallest absolute Gasteiger partial charge is 0.328 e. The Bertz CT molecular complexity index is 812. The summed E-state index contributed by atoms with van der Waals surface area (Å²) in [5, 5.41) is 8.59. The van der Waals surface area contributed by atoms with Gasteiger partial charge in [-0.3, -0.25) is 10.1 Å². The highest BCUT2D eigenvalue weighted by atomic mass is 32.1. The van der Waals surface area contributed by atoms with Gasteiger partial charge in [0, 0.05) is 5.69 Å². The number of thiophene rings is 1. The summed E-state index contributed by atoms with van der Waals surface area (Å²) in [6.45, 7) is 5.51. The van der Waals surface area contributed by atoms with Crippen LogP contribution in [-0.4, -0.2) is 31.1 Å². The Morgan fingerprint density at radius 3 is 2.26 bits per heavy atom. The first-order valence-electron chi connectivity index (χ1n) is 8.32. The summed E-state index contributed by atoms with van der Waals surface area (Å²) in [6.07, 6.45) is 0. The molecular formula is C19H23N3O4S. The number of hydrogen-bond donors (Lipinski definition) is 3. The topological polar surface area (TPSA) is 96.5 Å². The molecule has 3 N–H and O–H groups in total. The zero-order valence-electron chi connectivity index (χ0n) is 15.7. The molecule has 0 radical (unpaired) electrons. The minimum atomic E-state index is -0.783. The van der Waals surface area contributed by atoms with Crippen molar-refractivity contribution in [3.63, 3.8) is 0 Å². The first-order chi connectivity index (χ1) is 12.7. The van der Waals surface area contributed by atoms with Crippen LogP contribution >= 0.6 is 11.3 Å². The van der Waals surface area contributed by atoms with Crippen LogP contribution in [-0.2, 0) is 9.53 Å². The first kappa shape index (κ1) is 20.4. The number of methoxy groups -OCH3 is 1. The Balaban J connectivity index is 2.00. The molecule has 0 aliphatic rings. The van der Waals surface area contributed by atoms with Crippen LogP contribution in [0.2, 0.25) is 0 Å². The van der Waals surface area contributed by atoms with Gasteiger partial charge in [0.1, 0.15) is 6.04 Å². The lowest BCUT2D eigenvalue weighted by Gasteiger charge is -2.28. The van der Waals surface area contributed by atoms with E-state index in [4.69, 9.17) is 4.74 Å². The van der Waals surface area contributed by atoms with Gasteiger partial charge in [-0.1, -0.05) is 39.0 Å². The zero-order chi connectivity index (χ0) is 20.0. The Morgan fingerprint density at radius 1 is 1.00 bits per heavy atom. The van der Waals surface area contributed by atoms with Crippen molar-refractivity contribution in [2.24, 2.45) is 5.41 Å². The SMILES string of the molecule is COC(=O)[C@@H](NC(=O)c1ccc(NC(=O)Nc2ccccc2)s1)C(C)(C)C. The third-order valence-electron chi connectivity index (χ3n) is 3.68. The van der Waals surface area contributed by atoms with Crippen molar-refractivity contribution in [3.05, 3.63) is 47.3 Å². The number of esters is 1. The fraction of sp³-hybridized carbons (Fsp3) is 0.316. The molecule has 0 bridgehead atoms. The van der Waals surface area contributed by atoms with Crippen LogP contribution < -0.4 is 16.0 Å². The molecule has 1 atom stereocenters. The van der Waals surface area contributed by atoms with Gasteiger partial charge in [0.2, 0.25) is 0 Å². The summed E-state index contributed by atoms with van der Waals surface area (Å²) in [5.41, 5.74) is 0.159. The summed E-state index contributed by atoms with van der Waals surface area (Å²) in [6, 6.07) is 11.1. The summed E-state index contributed by atoms with van der Waals surface area (Å²) in [7, 11) is 1.28. The largest absolute Gasteiger partial charge is 0.467 e. The predicted octanol–water partition coefficient (Wildman–Crippen LogP) is 3.71. The number of carbonyl (C=O) groups is 3. The number of anilines is 2. The third-order valence-corrected chi connectivity index (χ3v) is 4.68. The average molecular weight is 389 g/mol. The second-order valence-corrected chi connectivity index (χ2v) is 7.99. The molecule has 27 heavy (non-hydrogen) atoms. The highest BCUT2D eigenvalue weighted by molar-refractivity contribution is 7.18. The second-order valence-electron chi connectivity index (χ2n) is 6.90. The maximum atomic E-state index is 12.5. The number of ether oxygens (including phenoxy) is 1. The fourth-order valence-electron chi connectivity index (χ4n) is 2.27. The van der Waals surface area contributed by atoms with Gasteiger partial charge in [-0.05, 0) is 29.7 Å². The minimum absolute atomic E-state index is 0.378. The van der Waals surface area contributed by atoms with E-state index in [1.807, 2.05) is 39.0 Å². The van der Waals surface area contributed by atoms with Crippen molar-refractivity contribution in [2.45, 2.75) is 26.8 Å². The normalized spacial score (nSPS) is 12.0. The van der Waals surface area contributed by atoms with Crippen molar-refractivity contribution in [1.82, 2.24) is 5.32 Å². The van der Waals surface area contributed by atoms with Crippen LogP contribution in [0.3, 0.4) is 0 Å². The molecule has 0 aliphatic heterocycles. The van der Waals surface area contributed by atoms with Gasteiger partial charge in [-0.25, -0.2) is 9.59 Å². The van der Waals surface area contributed by atoms with E-state index in [9.17, 15) is 14.4 Å². The lowest BCUT2D eigenvalue weighted by atomic mass is 9.86. The molecule has 1 aromatic carbocycles. The van der Waals surface area contributed by atoms with E-state index >= 15 is 0 Å². The van der Waals surface area contributed by atoms with Gasteiger partial charge in [-0.15, -0.1) is 11.3 Å². The molecule has 0 saturated heterocycles. The lowest BCUT2D eigenvalue weighted by molar-refractivity contribution is -0.145. The average Bonchev–Trinajstić information content (AvgIpc) is 3.07. The Morgan fingerprint density at radius 2 is 1.67 bits per heavy atom. The van der Waals surface area contributed by atoms with Crippen LogP contribution in [0.15, 0.2) is 42.5 Å². The summed E-state index contributed by atoms with van der Waals surface area (Å²) < 4.78 is 4.77. The molecule has 7 nitrogen and oxygen atoms in total. The van der Waals surface area contributed by atoms with Crippen LogP contribution in [0, 0.1) is 5.41 Å². The Hall–Kier alpha value is -2.87. The third kappa shape index (κ3) is 5.82. The highest BCUT2D eigenvalue weighted by Crippen LogP contribution is 2.24. The molecule has 2 aromatic rings. The van der Waals surface area contributed by atoms with E-state index in [0.29, 0.717) is 15.6 Å². The van der Waals surface area contributed by atoms with E-state index in [-0.39, 0.29) is 0 Å². The number of urea groups is 1. The van der Waals surface area contributed by atoms with Crippen molar-refractivity contribution in [2.75, 3.05) is 17.7 Å². The zero-order valence-corrected chi connectivity index (χ0v) is 16.5. The number of para-hydroxylation sites is 1. The van der Waals surface area contributed by atoms with Gasteiger partial charge in [0.05, 0.1) is 17.0 Å². The van der Waals surface area contributed by atoms with Crippen molar-refractivity contribution in [3.8, 4) is 0 Å². The first-order valence-corrected chi connectivity index (χ1v) is 9.14. The van der Waals surface area contributed by atoms with Gasteiger partial charge in [0.15, 0.2) is 0 Å². The molecule has 8 heteroatoms. The molecular weight excluding hydrogens is 366 g/mol. The predicted molar refractivity (Wildman–Crippen MR) is 106 cm³/mol. The lowest BCUT2D eigenvalue weighted by Crippen LogP contribution is -2.49. The number of rotatable bonds is 5. The van der Waals surface area contributed by atoms with Crippen molar-refractivity contribution >= 4 is 39.9 Å². The van der Waals surface area contributed by atoms with Crippen LogP contribution in [0.5, 0.6) is 0 Å². The molecule has 2 rings (SSSR count). The monoisotopic (exact) mass is 389 g/mol. The highest BCUT2D eigenvalue weighted by Gasteiger charge is 2.34. The molecule has 0 fully saturated rings. The van der Waals surface area contributed by atoms with E-state index in [2.05, 4.69) is 16.0 Å². The molecule has 0 unspecified atom stereocenters. The molecule has 0 aliphatic carbocycles. The quantitative estimate of drug-likeness (QED) is 0.679. The molecule has 1 aromatic heterocycles. The Labute approximate surface area is 162 Å². The van der Waals surface area contributed by atoms with E-state index < -0.39 is 29.4 Å². The number of carbonyl (C=O) groups excluding carboxylic acids is 3. The maximum Gasteiger partial charge on any atom is 0.328 e. The molecule has 1 heterocycles. The number of hydrogen-bond acceptors (Lipinski definition) is 5. The number of amides is 3. The van der Waals surface area contributed by atoms with Crippen LogP contribution in [0.4, 0.5) is 15.5 Å². The van der Waals surface area contributed by atoms with E-state index in [0.717, 1.165) is 11.3 Å². The fourth-order valence-corrected chi connectivity index (χ4v) is 3.08. The van der Waals surface area contributed by atoms with Crippen LogP contribution in [0.25, 0.3) is 0 Å². The molecule has 3 amide bonds. The van der Waals surface area contributed by atoms with E-state index in [1.54, 1.807) is 24.3 Å². The van der Waals surface area contributed by atoms with Gasteiger partial charge < -0.3 is 15.4 Å². The van der Waals surface area contributed by atoms with Crippen molar-refractivity contribution in [1.29, 1.82) is 0 Å². The van der Waals surface area contributed by atoms with Gasteiger partial charge in [0.25, 0.3) is 5.91 Å². The standard InChI is InChI=1S/C19H23N3O4S/c1-19(2,3)15(17(24)26-4)22-16(23)13-10-11-14(27-13)21-18(25)20-12-8-6-5-7-9-12/h5-11,15H,1-4H3,(H,22,23)(H2,20,21,25)/t15-/m1/s1. The second kappa shape index (κ2) is 8.68. The summed E-state index contributed by atoms with van der Waals surface area (Å²) in [4.78, 5) is 36.8.